The van der Waals surface area contributed by atoms with Gasteiger partial charge in [0.1, 0.15) is 0 Å². The number of morpholine rings is 1. The molecule has 2 fully saturated rings. The van der Waals surface area contributed by atoms with Gasteiger partial charge >= 0.3 is 5.97 Å². The molecule has 1 amide bonds. The number of ether oxygens (including phenoxy) is 1. The zero-order valence-electron chi connectivity index (χ0n) is 10.9. The standard InChI is InChI=1S/C13H21NO4/c1-13(4-2-3-5-13)12(17)14-6-7-18-10(9-14)8-11(15)16/h10H,2-9H2,1H3,(H,15,16)/t10-/m1/s1. The first-order valence-electron chi connectivity index (χ1n) is 6.64. The number of aliphatic carboxylic acids is 1. The molecule has 0 spiro atoms. The van der Waals surface area contributed by atoms with Gasteiger partial charge in [0, 0.05) is 18.5 Å². The first-order chi connectivity index (χ1) is 8.51. The molecular formula is C13H21NO4. The normalized spacial score (nSPS) is 27.2. The second kappa shape index (κ2) is 5.26. The van der Waals surface area contributed by atoms with Crippen LogP contribution in [0.25, 0.3) is 0 Å². The molecule has 0 radical (unpaired) electrons. The van der Waals surface area contributed by atoms with Gasteiger partial charge < -0.3 is 14.7 Å². The number of carbonyl (C=O) groups excluding carboxylic acids is 1. The third-order valence-corrected chi connectivity index (χ3v) is 4.05. The summed E-state index contributed by atoms with van der Waals surface area (Å²) in [5.41, 5.74) is -0.231. The molecular weight excluding hydrogens is 234 g/mol. The van der Waals surface area contributed by atoms with E-state index in [-0.39, 0.29) is 23.8 Å². The first-order valence-corrected chi connectivity index (χ1v) is 6.64. The highest BCUT2D eigenvalue weighted by molar-refractivity contribution is 5.82. The van der Waals surface area contributed by atoms with Gasteiger partial charge in [-0.1, -0.05) is 19.8 Å². The van der Waals surface area contributed by atoms with E-state index in [0.29, 0.717) is 19.7 Å². The number of hydrogen-bond donors (Lipinski definition) is 1. The molecule has 1 aliphatic heterocycles. The van der Waals surface area contributed by atoms with Crippen molar-refractivity contribution in [2.45, 2.75) is 45.1 Å². The van der Waals surface area contributed by atoms with E-state index < -0.39 is 5.97 Å². The molecule has 1 heterocycles. The molecule has 0 unspecified atom stereocenters. The number of carbonyl (C=O) groups is 2. The predicted octanol–water partition coefficient (Wildman–Crippen LogP) is 1.27. The Kier molecular flexibility index (Phi) is 3.90. The molecule has 1 saturated carbocycles. The Morgan fingerprint density at radius 2 is 2.06 bits per heavy atom. The Balaban J connectivity index is 1.95. The molecule has 1 saturated heterocycles. The van der Waals surface area contributed by atoms with Crippen molar-refractivity contribution in [1.82, 2.24) is 4.90 Å². The summed E-state index contributed by atoms with van der Waals surface area (Å²) in [7, 11) is 0. The van der Waals surface area contributed by atoms with E-state index in [9.17, 15) is 9.59 Å². The van der Waals surface area contributed by atoms with E-state index >= 15 is 0 Å². The Morgan fingerprint density at radius 3 is 2.67 bits per heavy atom. The molecule has 0 aromatic heterocycles. The van der Waals surface area contributed by atoms with Crippen LogP contribution in [0.5, 0.6) is 0 Å². The molecule has 5 nitrogen and oxygen atoms in total. The summed E-state index contributed by atoms with van der Waals surface area (Å²) in [6, 6.07) is 0. The zero-order valence-corrected chi connectivity index (χ0v) is 10.9. The van der Waals surface area contributed by atoms with Gasteiger partial charge in [0.25, 0.3) is 0 Å². The average Bonchev–Trinajstić information content (AvgIpc) is 2.76. The van der Waals surface area contributed by atoms with Crippen molar-refractivity contribution in [3.8, 4) is 0 Å². The average molecular weight is 255 g/mol. The topological polar surface area (TPSA) is 66.8 Å². The first kappa shape index (κ1) is 13.3. The smallest absolute Gasteiger partial charge is 0.306 e. The van der Waals surface area contributed by atoms with Gasteiger partial charge in [-0.25, -0.2) is 0 Å². The van der Waals surface area contributed by atoms with Gasteiger partial charge in [0.2, 0.25) is 5.91 Å². The molecule has 2 aliphatic rings. The van der Waals surface area contributed by atoms with Gasteiger partial charge in [-0.15, -0.1) is 0 Å². The van der Waals surface area contributed by atoms with E-state index in [4.69, 9.17) is 9.84 Å². The van der Waals surface area contributed by atoms with Crippen LogP contribution in [0.3, 0.4) is 0 Å². The van der Waals surface area contributed by atoms with Crippen LogP contribution in [0.2, 0.25) is 0 Å². The third kappa shape index (κ3) is 2.83. The van der Waals surface area contributed by atoms with Crippen LogP contribution in [0.1, 0.15) is 39.0 Å². The number of hydrogen-bond acceptors (Lipinski definition) is 3. The fourth-order valence-electron chi connectivity index (χ4n) is 2.97. The van der Waals surface area contributed by atoms with Crippen LogP contribution in [0, 0.1) is 5.41 Å². The summed E-state index contributed by atoms with van der Waals surface area (Å²) >= 11 is 0. The summed E-state index contributed by atoms with van der Waals surface area (Å²) in [6.45, 7) is 3.48. The second-order valence-electron chi connectivity index (χ2n) is 5.61. The van der Waals surface area contributed by atoms with Gasteiger partial charge in [-0.05, 0) is 12.8 Å². The van der Waals surface area contributed by atoms with Gasteiger partial charge in [-0.2, -0.15) is 0 Å². The van der Waals surface area contributed by atoms with Crippen LogP contribution in [-0.2, 0) is 14.3 Å². The minimum absolute atomic E-state index is 0.0273. The largest absolute Gasteiger partial charge is 0.481 e. The molecule has 0 aromatic rings. The number of carboxylic acid groups (broad SMARTS) is 1. The highest BCUT2D eigenvalue weighted by Gasteiger charge is 2.40. The van der Waals surface area contributed by atoms with Crippen molar-refractivity contribution in [3.63, 3.8) is 0 Å². The van der Waals surface area contributed by atoms with E-state index in [0.717, 1.165) is 25.7 Å². The predicted molar refractivity (Wildman–Crippen MR) is 65.1 cm³/mol. The van der Waals surface area contributed by atoms with E-state index in [1.54, 1.807) is 4.90 Å². The van der Waals surface area contributed by atoms with Gasteiger partial charge in [-0.3, -0.25) is 9.59 Å². The lowest BCUT2D eigenvalue weighted by molar-refractivity contribution is -0.153. The van der Waals surface area contributed by atoms with Crippen LogP contribution < -0.4 is 0 Å². The fourth-order valence-corrected chi connectivity index (χ4v) is 2.97. The molecule has 1 aliphatic carbocycles. The fraction of sp³-hybridized carbons (Fsp3) is 0.846. The van der Waals surface area contributed by atoms with Gasteiger partial charge in [0.05, 0.1) is 19.1 Å². The summed E-state index contributed by atoms with van der Waals surface area (Å²) in [6.07, 6.45) is 3.75. The SMILES string of the molecule is CC1(C(=O)N2CCO[C@H](CC(=O)O)C2)CCCC1. The molecule has 5 heteroatoms. The minimum atomic E-state index is -0.874. The molecule has 2 rings (SSSR count). The van der Waals surface area contributed by atoms with Crippen molar-refractivity contribution in [1.29, 1.82) is 0 Å². The molecule has 0 bridgehead atoms. The van der Waals surface area contributed by atoms with Crippen molar-refractivity contribution in [3.05, 3.63) is 0 Å². The van der Waals surface area contributed by atoms with E-state index in [1.807, 2.05) is 6.92 Å². The lowest BCUT2D eigenvalue weighted by atomic mass is 9.87. The zero-order chi connectivity index (χ0) is 13.2. The Labute approximate surface area is 107 Å². The third-order valence-electron chi connectivity index (χ3n) is 4.05. The van der Waals surface area contributed by atoms with Crippen molar-refractivity contribution >= 4 is 11.9 Å². The van der Waals surface area contributed by atoms with Crippen LogP contribution in [0.15, 0.2) is 0 Å². The highest BCUT2D eigenvalue weighted by Crippen LogP contribution is 2.39. The highest BCUT2D eigenvalue weighted by atomic mass is 16.5. The van der Waals surface area contributed by atoms with Crippen LogP contribution in [-0.4, -0.2) is 47.7 Å². The summed E-state index contributed by atoms with van der Waals surface area (Å²) in [5.74, 6) is -0.694. The maximum atomic E-state index is 12.5. The number of carboxylic acids is 1. The van der Waals surface area contributed by atoms with Crippen molar-refractivity contribution < 1.29 is 19.4 Å². The monoisotopic (exact) mass is 255 g/mol. The maximum absolute atomic E-state index is 12.5. The van der Waals surface area contributed by atoms with Crippen LogP contribution >= 0.6 is 0 Å². The quantitative estimate of drug-likeness (QED) is 0.824. The Hall–Kier alpha value is -1.10. The number of rotatable bonds is 3. The van der Waals surface area contributed by atoms with Crippen molar-refractivity contribution in [2.24, 2.45) is 5.41 Å². The van der Waals surface area contributed by atoms with Crippen molar-refractivity contribution in [2.75, 3.05) is 19.7 Å². The second-order valence-corrected chi connectivity index (χ2v) is 5.61. The summed E-state index contributed by atoms with van der Waals surface area (Å²) < 4.78 is 5.39. The molecule has 1 atom stereocenters. The summed E-state index contributed by atoms with van der Waals surface area (Å²) in [5, 5.41) is 8.77. The Morgan fingerprint density at radius 1 is 1.39 bits per heavy atom. The van der Waals surface area contributed by atoms with E-state index in [2.05, 4.69) is 0 Å². The lowest BCUT2D eigenvalue weighted by Gasteiger charge is -2.37. The van der Waals surface area contributed by atoms with Gasteiger partial charge in [0.15, 0.2) is 0 Å². The molecule has 1 N–H and O–H groups in total. The molecule has 102 valence electrons. The number of amides is 1. The van der Waals surface area contributed by atoms with Crippen LogP contribution in [0.4, 0.5) is 0 Å². The minimum Gasteiger partial charge on any atom is -0.481 e. The summed E-state index contributed by atoms with van der Waals surface area (Å²) in [4.78, 5) is 25.0. The number of nitrogens with zero attached hydrogens (tertiary/aromatic N) is 1. The Bertz CT molecular complexity index is 336. The van der Waals surface area contributed by atoms with E-state index in [1.165, 1.54) is 0 Å². The lowest BCUT2D eigenvalue weighted by Crippen LogP contribution is -2.50. The maximum Gasteiger partial charge on any atom is 0.306 e. The molecule has 18 heavy (non-hydrogen) atoms. The molecule has 0 aromatic carbocycles.